The fourth-order valence-electron chi connectivity index (χ4n) is 2.31. The smallest absolute Gasteiger partial charge is 0.161 e. The Morgan fingerprint density at radius 2 is 2.25 bits per heavy atom. The Bertz CT molecular complexity index is 568. The molecule has 0 fully saturated rings. The lowest BCUT2D eigenvalue weighted by Crippen LogP contribution is -2.19. The van der Waals surface area contributed by atoms with Gasteiger partial charge in [-0.05, 0) is 30.5 Å². The number of methoxy groups -OCH3 is 1. The van der Waals surface area contributed by atoms with Gasteiger partial charge in [-0.25, -0.2) is 0 Å². The summed E-state index contributed by atoms with van der Waals surface area (Å²) in [5.74, 6) is 0.765. The molecule has 2 rings (SSSR count). The van der Waals surface area contributed by atoms with Crippen molar-refractivity contribution in [1.29, 1.82) is 0 Å². The topological polar surface area (TPSA) is 53.1 Å². The minimum Gasteiger partial charge on any atom is -0.493 e. The van der Waals surface area contributed by atoms with Gasteiger partial charge in [0.15, 0.2) is 5.75 Å². The number of nitrogens with zero attached hydrogens (tertiary/aromatic N) is 2. The van der Waals surface area contributed by atoms with Gasteiger partial charge in [0, 0.05) is 11.0 Å². The molecule has 1 unspecified atom stereocenters. The molecule has 1 atom stereocenters. The first-order valence-electron chi connectivity index (χ1n) is 6.75. The van der Waals surface area contributed by atoms with Gasteiger partial charge in [0.1, 0.15) is 0 Å². The minimum absolute atomic E-state index is 0.131. The Morgan fingerprint density at radius 3 is 2.90 bits per heavy atom. The van der Waals surface area contributed by atoms with Crippen molar-refractivity contribution in [3.63, 3.8) is 0 Å². The highest BCUT2D eigenvalue weighted by Crippen LogP contribution is 2.26. The molecule has 2 aromatic rings. The van der Waals surface area contributed by atoms with E-state index < -0.39 is 0 Å². The first kappa shape index (κ1) is 15.1. The first-order chi connectivity index (χ1) is 9.65. The van der Waals surface area contributed by atoms with E-state index in [1.807, 2.05) is 16.8 Å². The SMILES string of the molecule is CCCn1ncc(OC)c1C(N)Cc1cccc(Br)c1. The number of ether oxygens (including phenoxy) is 1. The van der Waals surface area contributed by atoms with Crippen LogP contribution in [0.5, 0.6) is 5.75 Å². The van der Waals surface area contributed by atoms with Crippen LogP contribution in [0.25, 0.3) is 0 Å². The van der Waals surface area contributed by atoms with Gasteiger partial charge in [-0.2, -0.15) is 5.10 Å². The molecule has 0 bridgehead atoms. The third kappa shape index (κ3) is 3.41. The van der Waals surface area contributed by atoms with Crippen molar-refractivity contribution in [1.82, 2.24) is 9.78 Å². The van der Waals surface area contributed by atoms with E-state index in [0.717, 1.165) is 35.3 Å². The molecular formula is C15H20BrN3O. The third-order valence-electron chi connectivity index (χ3n) is 3.20. The van der Waals surface area contributed by atoms with Crippen molar-refractivity contribution >= 4 is 15.9 Å². The molecule has 4 nitrogen and oxygen atoms in total. The quantitative estimate of drug-likeness (QED) is 0.879. The van der Waals surface area contributed by atoms with Gasteiger partial charge in [-0.1, -0.05) is 35.0 Å². The molecule has 5 heteroatoms. The number of benzene rings is 1. The Hall–Kier alpha value is -1.33. The Kier molecular flexibility index (Phi) is 5.20. The molecule has 0 radical (unpaired) electrons. The molecule has 0 aliphatic carbocycles. The summed E-state index contributed by atoms with van der Waals surface area (Å²) in [5.41, 5.74) is 8.53. The van der Waals surface area contributed by atoms with E-state index in [4.69, 9.17) is 10.5 Å². The van der Waals surface area contributed by atoms with Crippen LogP contribution in [0.3, 0.4) is 0 Å². The zero-order chi connectivity index (χ0) is 14.5. The van der Waals surface area contributed by atoms with Gasteiger partial charge in [-0.3, -0.25) is 4.68 Å². The summed E-state index contributed by atoms with van der Waals surface area (Å²) in [6.45, 7) is 2.97. The summed E-state index contributed by atoms with van der Waals surface area (Å²) in [4.78, 5) is 0. The number of halogens is 1. The number of hydrogen-bond acceptors (Lipinski definition) is 3. The molecular weight excluding hydrogens is 318 g/mol. The average molecular weight is 338 g/mol. The number of hydrogen-bond donors (Lipinski definition) is 1. The molecule has 1 aromatic carbocycles. The molecule has 20 heavy (non-hydrogen) atoms. The fourth-order valence-corrected chi connectivity index (χ4v) is 2.76. The first-order valence-corrected chi connectivity index (χ1v) is 7.54. The molecule has 0 amide bonds. The lowest BCUT2D eigenvalue weighted by molar-refractivity contribution is 0.400. The van der Waals surface area contributed by atoms with Crippen molar-refractivity contribution < 1.29 is 4.74 Å². The van der Waals surface area contributed by atoms with Crippen LogP contribution in [-0.2, 0) is 13.0 Å². The molecule has 0 saturated heterocycles. The summed E-state index contributed by atoms with van der Waals surface area (Å²) in [7, 11) is 1.66. The molecule has 1 heterocycles. The van der Waals surface area contributed by atoms with Crippen LogP contribution >= 0.6 is 15.9 Å². The maximum atomic E-state index is 6.37. The van der Waals surface area contributed by atoms with E-state index in [0.29, 0.717) is 0 Å². The van der Waals surface area contributed by atoms with E-state index in [1.165, 1.54) is 5.56 Å². The van der Waals surface area contributed by atoms with Gasteiger partial charge >= 0.3 is 0 Å². The summed E-state index contributed by atoms with van der Waals surface area (Å²) in [5, 5.41) is 4.36. The molecule has 0 spiro atoms. The van der Waals surface area contributed by atoms with Crippen LogP contribution in [0, 0.1) is 0 Å². The van der Waals surface area contributed by atoms with Gasteiger partial charge in [0.2, 0.25) is 0 Å². The second kappa shape index (κ2) is 6.90. The van der Waals surface area contributed by atoms with Crippen LogP contribution in [0.2, 0.25) is 0 Å². The zero-order valence-corrected chi connectivity index (χ0v) is 13.4. The van der Waals surface area contributed by atoms with Crippen LogP contribution in [-0.4, -0.2) is 16.9 Å². The van der Waals surface area contributed by atoms with Gasteiger partial charge < -0.3 is 10.5 Å². The largest absolute Gasteiger partial charge is 0.493 e. The maximum absolute atomic E-state index is 6.37. The second-order valence-corrected chi connectivity index (χ2v) is 5.68. The van der Waals surface area contributed by atoms with E-state index >= 15 is 0 Å². The highest BCUT2D eigenvalue weighted by molar-refractivity contribution is 9.10. The van der Waals surface area contributed by atoms with Crippen molar-refractivity contribution in [3.8, 4) is 5.75 Å². The van der Waals surface area contributed by atoms with Crippen LogP contribution in [0.15, 0.2) is 34.9 Å². The highest BCUT2D eigenvalue weighted by Gasteiger charge is 2.18. The predicted molar refractivity (Wildman–Crippen MR) is 83.8 cm³/mol. The molecule has 2 N–H and O–H groups in total. The molecule has 0 aliphatic heterocycles. The Balaban J connectivity index is 2.23. The number of aromatic nitrogens is 2. The molecule has 1 aromatic heterocycles. The van der Waals surface area contributed by atoms with Crippen LogP contribution < -0.4 is 10.5 Å². The zero-order valence-electron chi connectivity index (χ0n) is 11.8. The van der Waals surface area contributed by atoms with Crippen molar-refractivity contribution in [2.45, 2.75) is 32.4 Å². The summed E-state index contributed by atoms with van der Waals surface area (Å²) in [6.07, 6.45) is 3.51. The van der Waals surface area contributed by atoms with Crippen molar-refractivity contribution in [2.24, 2.45) is 5.73 Å². The lowest BCUT2D eigenvalue weighted by Gasteiger charge is -2.16. The standard InChI is InChI=1S/C15H20BrN3O/c1-3-7-19-15(14(20-2)10-18-19)13(17)9-11-5-4-6-12(16)8-11/h4-6,8,10,13H,3,7,9,17H2,1-2H3. The predicted octanol–water partition coefficient (Wildman–Crippen LogP) is 3.31. The average Bonchev–Trinajstić information content (AvgIpc) is 2.82. The van der Waals surface area contributed by atoms with E-state index in [1.54, 1.807) is 13.3 Å². The second-order valence-electron chi connectivity index (χ2n) is 4.76. The maximum Gasteiger partial charge on any atom is 0.161 e. The lowest BCUT2D eigenvalue weighted by atomic mass is 10.0. The number of aryl methyl sites for hydroxylation is 1. The van der Waals surface area contributed by atoms with Crippen LogP contribution in [0.1, 0.15) is 30.6 Å². The highest BCUT2D eigenvalue weighted by atomic mass is 79.9. The Labute approximate surface area is 128 Å². The summed E-state index contributed by atoms with van der Waals surface area (Å²) < 4.78 is 8.39. The van der Waals surface area contributed by atoms with E-state index in [9.17, 15) is 0 Å². The molecule has 0 saturated carbocycles. The summed E-state index contributed by atoms with van der Waals surface area (Å²) in [6, 6.07) is 8.07. The third-order valence-corrected chi connectivity index (χ3v) is 3.69. The van der Waals surface area contributed by atoms with E-state index in [-0.39, 0.29) is 6.04 Å². The Morgan fingerprint density at radius 1 is 1.45 bits per heavy atom. The monoisotopic (exact) mass is 337 g/mol. The number of nitrogens with two attached hydrogens (primary N) is 1. The van der Waals surface area contributed by atoms with Crippen LogP contribution in [0.4, 0.5) is 0 Å². The van der Waals surface area contributed by atoms with Crippen molar-refractivity contribution in [3.05, 3.63) is 46.2 Å². The van der Waals surface area contributed by atoms with Gasteiger partial charge in [-0.15, -0.1) is 0 Å². The summed E-state index contributed by atoms with van der Waals surface area (Å²) >= 11 is 3.49. The normalized spacial score (nSPS) is 12.4. The molecule has 0 aliphatic rings. The van der Waals surface area contributed by atoms with E-state index in [2.05, 4.69) is 40.1 Å². The minimum atomic E-state index is -0.131. The fraction of sp³-hybridized carbons (Fsp3) is 0.400. The number of rotatable bonds is 6. The van der Waals surface area contributed by atoms with Gasteiger partial charge in [0.05, 0.1) is 25.0 Å². The molecule has 108 valence electrons. The van der Waals surface area contributed by atoms with Gasteiger partial charge in [0.25, 0.3) is 0 Å². The van der Waals surface area contributed by atoms with Crippen molar-refractivity contribution in [2.75, 3.05) is 7.11 Å².